The Bertz CT molecular complexity index is 504. The van der Waals surface area contributed by atoms with E-state index < -0.39 is 0 Å². The maximum Gasteiger partial charge on any atom is 0.109 e. The summed E-state index contributed by atoms with van der Waals surface area (Å²) in [5.41, 5.74) is 4.96. The topological polar surface area (TPSA) is 9.23 Å². The molecule has 1 aliphatic rings. The van der Waals surface area contributed by atoms with Gasteiger partial charge in [-0.2, -0.15) is 0 Å². The first kappa shape index (κ1) is 10.7. The lowest BCUT2D eigenvalue weighted by Crippen LogP contribution is -1.92. The first-order chi connectivity index (χ1) is 7.59. The third kappa shape index (κ3) is 1.81. The minimum atomic E-state index is 0.724. The molecule has 1 aromatic carbocycles. The molecule has 0 saturated carbocycles. The molecule has 82 valence electrons. The fraction of sp³-hybridized carbons (Fsp3) is 0.200. The lowest BCUT2D eigenvalue weighted by atomic mass is 10.0. The molecular formula is C15H16O. The van der Waals surface area contributed by atoms with Crippen molar-refractivity contribution in [2.24, 2.45) is 0 Å². The first-order valence-electron chi connectivity index (χ1n) is 5.42. The van der Waals surface area contributed by atoms with Gasteiger partial charge in [-0.25, -0.2) is 0 Å². The number of hydrogen-bond acceptors (Lipinski definition) is 1. The zero-order valence-electron chi connectivity index (χ0n) is 10.0. The van der Waals surface area contributed by atoms with Gasteiger partial charge >= 0.3 is 0 Å². The Hall–Kier alpha value is -1.76. The minimum absolute atomic E-state index is 0.724. The van der Waals surface area contributed by atoms with Crippen LogP contribution in [-0.4, -0.2) is 0 Å². The predicted molar refractivity (Wildman–Crippen MR) is 68.6 cm³/mol. The molecule has 1 aromatic rings. The summed E-state index contributed by atoms with van der Waals surface area (Å²) in [7, 11) is 0. The van der Waals surface area contributed by atoms with Gasteiger partial charge in [-0.1, -0.05) is 36.9 Å². The van der Waals surface area contributed by atoms with E-state index in [4.69, 9.17) is 4.74 Å². The van der Waals surface area contributed by atoms with Gasteiger partial charge in [-0.3, -0.25) is 0 Å². The molecule has 0 atom stereocenters. The van der Waals surface area contributed by atoms with E-state index in [9.17, 15) is 0 Å². The zero-order valence-corrected chi connectivity index (χ0v) is 10.0. The number of benzene rings is 1. The molecule has 0 heterocycles. The van der Waals surface area contributed by atoms with Crippen molar-refractivity contribution >= 4 is 11.6 Å². The SMILES string of the molecule is C=C(C)O/C(C)=C1/C(C)=Cc2ccccc21. The summed E-state index contributed by atoms with van der Waals surface area (Å²) in [6.45, 7) is 9.74. The summed E-state index contributed by atoms with van der Waals surface area (Å²) in [4.78, 5) is 0. The molecule has 1 heteroatoms. The fourth-order valence-electron chi connectivity index (χ4n) is 2.15. The number of allylic oxidation sites excluding steroid dienone is 4. The highest BCUT2D eigenvalue weighted by atomic mass is 16.5. The van der Waals surface area contributed by atoms with E-state index in [0.29, 0.717) is 0 Å². The maximum absolute atomic E-state index is 5.61. The molecule has 0 spiro atoms. The van der Waals surface area contributed by atoms with Crippen LogP contribution in [0.1, 0.15) is 31.9 Å². The van der Waals surface area contributed by atoms with Gasteiger partial charge < -0.3 is 4.74 Å². The average molecular weight is 212 g/mol. The quantitative estimate of drug-likeness (QED) is 0.661. The lowest BCUT2D eigenvalue weighted by Gasteiger charge is -2.11. The summed E-state index contributed by atoms with van der Waals surface area (Å²) in [5.74, 6) is 1.65. The number of ether oxygens (including phenoxy) is 1. The summed E-state index contributed by atoms with van der Waals surface area (Å²) >= 11 is 0. The van der Waals surface area contributed by atoms with E-state index in [-0.39, 0.29) is 0 Å². The zero-order chi connectivity index (χ0) is 11.7. The van der Waals surface area contributed by atoms with Crippen LogP contribution in [0.2, 0.25) is 0 Å². The number of hydrogen-bond donors (Lipinski definition) is 0. The van der Waals surface area contributed by atoms with Crippen LogP contribution in [0.25, 0.3) is 11.6 Å². The highest BCUT2D eigenvalue weighted by Gasteiger charge is 2.18. The third-order valence-electron chi connectivity index (χ3n) is 2.68. The Morgan fingerprint density at radius 3 is 2.56 bits per heavy atom. The van der Waals surface area contributed by atoms with Crippen molar-refractivity contribution in [2.75, 3.05) is 0 Å². The molecule has 0 amide bonds. The summed E-state index contributed by atoms with van der Waals surface area (Å²) in [6.07, 6.45) is 2.19. The van der Waals surface area contributed by atoms with Gasteiger partial charge in [0.1, 0.15) is 5.76 Å². The Balaban J connectivity index is 2.51. The highest BCUT2D eigenvalue weighted by molar-refractivity contribution is 5.94. The van der Waals surface area contributed by atoms with Crippen LogP contribution in [0.5, 0.6) is 0 Å². The Morgan fingerprint density at radius 2 is 1.88 bits per heavy atom. The second-order valence-electron chi connectivity index (χ2n) is 4.15. The van der Waals surface area contributed by atoms with Crippen molar-refractivity contribution < 1.29 is 4.74 Å². The molecule has 0 unspecified atom stereocenters. The molecule has 0 aliphatic heterocycles. The molecule has 1 aliphatic carbocycles. The van der Waals surface area contributed by atoms with Crippen molar-refractivity contribution in [1.29, 1.82) is 0 Å². The van der Waals surface area contributed by atoms with Crippen molar-refractivity contribution in [3.8, 4) is 0 Å². The van der Waals surface area contributed by atoms with Crippen LogP contribution in [0.15, 0.2) is 47.9 Å². The van der Waals surface area contributed by atoms with Gasteiger partial charge in [0.15, 0.2) is 0 Å². The monoisotopic (exact) mass is 212 g/mol. The van der Waals surface area contributed by atoms with E-state index in [2.05, 4.69) is 43.8 Å². The molecular weight excluding hydrogens is 196 g/mol. The molecule has 0 bridgehead atoms. The molecule has 0 N–H and O–H groups in total. The molecule has 1 nitrogen and oxygen atoms in total. The van der Waals surface area contributed by atoms with Gasteiger partial charge in [0.2, 0.25) is 0 Å². The molecule has 0 aromatic heterocycles. The van der Waals surface area contributed by atoms with Crippen molar-refractivity contribution in [2.45, 2.75) is 20.8 Å². The molecule has 0 fully saturated rings. The Labute approximate surface area is 96.8 Å². The van der Waals surface area contributed by atoms with Crippen molar-refractivity contribution in [3.05, 3.63) is 59.1 Å². The minimum Gasteiger partial charge on any atom is -0.467 e. The average Bonchev–Trinajstić information content (AvgIpc) is 2.52. The number of rotatable bonds is 2. The lowest BCUT2D eigenvalue weighted by molar-refractivity contribution is 0.313. The normalized spacial score (nSPS) is 16.6. The Kier molecular flexibility index (Phi) is 2.69. The summed E-state index contributed by atoms with van der Waals surface area (Å²) in [6, 6.07) is 8.36. The van der Waals surface area contributed by atoms with Gasteiger partial charge in [0.25, 0.3) is 0 Å². The van der Waals surface area contributed by atoms with Gasteiger partial charge in [-0.15, -0.1) is 0 Å². The van der Waals surface area contributed by atoms with Crippen molar-refractivity contribution in [3.63, 3.8) is 0 Å². The standard InChI is InChI=1S/C15H16O/c1-10(2)16-12(4)15-11(3)9-13-7-5-6-8-14(13)15/h5-9H,1H2,2-4H3/b15-12-. The van der Waals surface area contributed by atoms with E-state index >= 15 is 0 Å². The molecule has 2 rings (SSSR count). The first-order valence-corrected chi connectivity index (χ1v) is 5.42. The summed E-state index contributed by atoms with van der Waals surface area (Å²) < 4.78 is 5.61. The smallest absolute Gasteiger partial charge is 0.109 e. The third-order valence-corrected chi connectivity index (χ3v) is 2.68. The fourth-order valence-corrected chi connectivity index (χ4v) is 2.15. The van der Waals surface area contributed by atoms with Crippen LogP contribution in [0.3, 0.4) is 0 Å². The van der Waals surface area contributed by atoms with Crippen LogP contribution in [-0.2, 0) is 4.74 Å². The highest BCUT2D eigenvalue weighted by Crippen LogP contribution is 2.37. The van der Waals surface area contributed by atoms with E-state index in [0.717, 1.165) is 11.5 Å². The van der Waals surface area contributed by atoms with Gasteiger partial charge in [0.05, 0.1) is 5.76 Å². The summed E-state index contributed by atoms with van der Waals surface area (Å²) in [5, 5.41) is 0. The van der Waals surface area contributed by atoms with Crippen LogP contribution < -0.4 is 0 Å². The second kappa shape index (κ2) is 4.01. The molecule has 0 saturated heterocycles. The van der Waals surface area contributed by atoms with Crippen LogP contribution in [0.4, 0.5) is 0 Å². The molecule has 0 radical (unpaired) electrons. The predicted octanol–water partition coefficient (Wildman–Crippen LogP) is 4.38. The van der Waals surface area contributed by atoms with E-state index in [1.54, 1.807) is 0 Å². The van der Waals surface area contributed by atoms with Crippen molar-refractivity contribution in [1.82, 2.24) is 0 Å². The van der Waals surface area contributed by atoms with Crippen LogP contribution in [0, 0.1) is 0 Å². The molecule has 16 heavy (non-hydrogen) atoms. The van der Waals surface area contributed by atoms with Gasteiger partial charge in [-0.05, 0) is 37.5 Å². The van der Waals surface area contributed by atoms with Gasteiger partial charge in [0, 0.05) is 5.57 Å². The van der Waals surface area contributed by atoms with E-state index in [1.165, 1.54) is 22.3 Å². The Morgan fingerprint density at radius 1 is 1.19 bits per heavy atom. The van der Waals surface area contributed by atoms with E-state index in [1.807, 2.05) is 13.8 Å². The largest absolute Gasteiger partial charge is 0.467 e. The maximum atomic E-state index is 5.61. The number of fused-ring (bicyclic) bond motifs is 1. The van der Waals surface area contributed by atoms with Crippen LogP contribution >= 0.6 is 0 Å². The second-order valence-corrected chi connectivity index (χ2v) is 4.15.